The molecule has 0 aromatic carbocycles. The zero-order valence-electron chi connectivity index (χ0n) is 11.0. The fourth-order valence-electron chi connectivity index (χ4n) is 3.10. The molecular formula is C14H26N2O. The molecule has 1 N–H and O–H groups in total. The van der Waals surface area contributed by atoms with Gasteiger partial charge in [-0.1, -0.05) is 0 Å². The number of hydrogen-bond acceptors (Lipinski definition) is 3. The molecule has 0 amide bonds. The van der Waals surface area contributed by atoms with E-state index >= 15 is 0 Å². The van der Waals surface area contributed by atoms with Crippen LogP contribution in [0.2, 0.25) is 0 Å². The summed E-state index contributed by atoms with van der Waals surface area (Å²) >= 11 is 0. The summed E-state index contributed by atoms with van der Waals surface area (Å²) in [6, 6.07) is 1.58. The fraction of sp³-hybridized carbons (Fsp3) is 1.00. The lowest BCUT2D eigenvalue weighted by Gasteiger charge is -2.35. The van der Waals surface area contributed by atoms with Crippen molar-refractivity contribution >= 4 is 0 Å². The smallest absolute Gasteiger partial charge is 0.0521 e. The lowest BCUT2D eigenvalue weighted by Crippen LogP contribution is -2.47. The van der Waals surface area contributed by atoms with Gasteiger partial charge in [0.25, 0.3) is 0 Å². The normalized spacial score (nSPS) is 34.2. The highest BCUT2D eigenvalue weighted by molar-refractivity contribution is 4.91. The van der Waals surface area contributed by atoms with Gasteiger partial charge in [0.1, 0.15) is 0 Å². The molecule has 3 nitrogen and oxygen atoms in total. The molecule has 17 heavy (non-hydrogen) atoms. The van der Waals surface area contributed by atoms with Crippen LogP contribution in [-0.2, 0) is 4.74 Å². The van der Waals surface area contributed by atoms with E-state index in [-0.39, 0.29) is 0 Å². The van der Waals surface area contributed by atoms with Crippen molar-refractivity contribution in [2.45, 2.75) is 44.2 Å². The van der Waals surface area contributed by atoms with Crippen molar-refractivity contribution in [1.82, 2.24) is 10.2 Å². The molecule has 2 atom stereocenters. The lowest BCUT2D eigenvalue weighted by atomic mass is 9.95. The van der Waals surface area contributed by atoms with Crippen molar-refractivity contribution in [3.05, 3.63) is 0 Å². The molecule has 2 saturated carbocycles. The van der Waals surface area contributed by atoms with Gasteiger partial charge in [-0.05, 0) is 45.1 Å². The highest BCUT2D eigenvalue weighted by Crippen LogP contribution is 2.35. The monoisotopic (exact) mass is 238 g/mol. The summed E-state index contributed by atoms with van der Waals surface area (Å²) in [7, 11) is 2.10. The van der Waals surface area contributed by atoms with Gasteiger partial charge in [-0.15, -0.1) is 0 Å². The largest absolute Gasteiger partial charge is 0.381 e. The first kappa shape index (κ1) is 11.9. The molecule has 0 aromatic rings. The summed E-state index contributed by atoms with van der Waals surface area (Å²) < 4.78 is 5.67. The van der Waals surface area contributed by atoms with Crippen LogP contribution in [0.1, 0.15) is 32.1 Å². The third-order valence-corrected chi connectivity index (χ3v) is 4.57. The first-order valence-electron chi connectivity index (χ1n) is 7.36. The third-order valence-electron chi connectivity index (χ3n) is 4.57. The van der Waals surface area contributed by atoms with E-state index in [9.17, 15) is 0 Å². The van der Waals surface area contributed by atoms with E-state index < -0.39 is 0 Å². The highest BCUT2D eigenvalue weighted by atomic mass is 16.5. The van der Waals surface area contributed by atoms with Crippen LogP contribution in [0, 0.1) is 11.8 Å². The van der Waals surface area contributed by atoms with Crippen molar-refractivity contribution < 1.29 is 4.74 Å². The first-order chi connectivity index (χ1) is 8.36. The van der Waals surface area contributed by atoms with E-state index in [1.54, 1.807) is 0 Å². The van der Waals surface area contributed by atoms with Crippen molar-refractivity contribution in [2.24, 2.45) is 11.8 Å². The van der Waals surface area contributed by atoms with E-state index in [0.29, 0.717) is 12.0 Å². The van der Waals surface area contributed by atoms with E-state index in [0.717, 1.165) is 25.2 Å². The zero-order chi connectivity index (χ0) is 11.7. The average Bonchev–Trinajstić information content (AvgIpc) is 3.21. The highest BCUT2D eigenvalue weighted by Gasteiger charge is 2.36. The van der Waals surface area contributed by atoms with E-state index in [1.807, 2.05) is 0 Å². The Morgan fingerprint density at radius 3 is 2.59 bits per heavy atom. The van der Waals surface area contributed by atoms with Crippen LogP contribution in [0.25, 0.3) is 0 Å². The van der Waals surface area contributed by atoms with Crippen LogP contribution >= 0.6 is 0 Å². The topological polar surface area (TPSA) is 24.5 Å². The average molecular weight is 238 g/mol. The third kappa shape index (κ3) is 3.21. The molecule has 2 aliphatic carbocycles. The Balaban J connectivity index is 1.53. The number of hydrogen-bond donors (Lipinski definition) is 1. The number of rotatable bonds is 6. The lowest BCUT2D eigenvalue weighted by molar-refractivity contribution is 0.0165. The van der Waals surface area contributed by atoms with E-state index in [4.69, 9.17) is 4.74 Å². The molecule has 0 radical (unpaired) electrons. The van der Waals surface area contributed by atoms with Gasteiger partial charge >= 0.3 is 0 Å². The van der Waals surface area contributed by atoms with E-state index in [2.05, 4.69) is 17.3 Å². The van der Waals surface area contributed by atoms with Gasteiger partial charge in [0.15, 0.2) is 0 Å². The van der Waals surface area contributed by atoms with Gasteiger partial charge in [0, 0.05) is 37.7 Å². The standard InChI is InChI=1S/C14H26N2O/c1-15-14-6-7-17-10-12(14)9-16(13-4-5-13)8-11-2-3-11/h11-15H,2-10H2,1H3. The molecule has 1 heterocycles. The predicted octanol–water partition coefficient (Wildman–Crippen LogP) is 1.49. The van der Waals surface area contributed by atoms with Gasteiger partial charge in [0.05, 0.1) is 6.61 Å². The summed E-state index contributed by atoms with van der Waals surface area (Å²) in [5, 5.41) is 3.48. The first-order valence-corrected chi connectivity index (χ1v) is 7.36. The minimum Gasteiger partial charge on any atom is -0.381 e. The second-order valence-corrected chi connectivity index (χ2v) is 6.15. The summed E-state index contributed by atoms with van der Waals surface area (Å²) in [4.78, 5) is 2.77. The molecule has 3 fully saturated rings. The van der Waals surface area contributed by atoms with Crippen molar-refractivity contribution in [1.29, 1.82) is 0 Å². The van der Waals surface area contributed by atoms with Gasteiger partial charge in [-0.2, -0.15) is 0 Å². The van der Waals surface area contributed by atoms with Gasteiger partial charge in [-0.25, -0.2) is 0 Å². The van der Waals surface area contributed by atoms with Gasteiger partial charge in [0.2, 0.25) is 0 Å². The molecule has 3 rings (SSSR count). The Labute approximate surface area is 105 Å². The number of ether oxygens (including phenoxy) is 1. The van der Waals surface area contributed by atoms with Crippen LogP contribution in [0.15, 0.2) is 0 Å². The van der Waals surface area contributed by atoms with Gasteiger partial charge in [-0.3, -0.25) is 4.90 Å². The maximum absolute atomic E-state index is 5.67. The zero-order valence-corrected chi connectivity index (χ0v) is 11.0. The predicted molar refractivity (Wildman–Crippen MR) is 69.1 cm³/mol. The molecule has 0 spiro atoms. The summed E-state index contributed by atoms with van der Waals surface area (Å²) in [5.74, 6) is 1.72. The Morgan fingerprint density at radius 1 is 1.12 bits per heavy atom. The minimum absolute atomic E-state index is 0.671. The molecule has 1 aliphatic heterocycles. The van der Waals surface area contributed by atoms with Crippen LogP contribution in [0.4, 0.5) is 0 Å². The second-order valence-electron chi connectivity index (χ2n) is 6.15. The van der Waals surface area contributed by atoms with Crippen LogP contribution in [-0.4, -0.2) is 50.3 Å². The molecular weight excluding hydrogens is 212 g/mol. The molecule has 3 aliphatic rings. The number of nitrogens with zero attached hydrogens (tertiary/aromatic N) is 1. The number of nitrogens with one attached hydrogen (secondary N) is 1. The van der Waals surface area contributed by atoms with Crippen LogP contribution in [0.3, 0.4) is 0 Å². The Morgan fingerprint density at radius 2 is 1.94 bits per heavy atom. The maximum Gasteiger partial charge on any atom is 0.0521 e. The van der Waals surface area contributed by atoms with Crippen molar-refractivity contribution in [3.63, 3.8) is 0 Å². The molecule has 0 aromatic heterocycles. The Bertz CT molecular complexity index is 251. The molecule has 0 bridgehead atoms. The summed E-state index contributed by atoms with van der Waals surface area (Å²) in [5.41, 5.74) is 0. The van der Waals surface area contributed by atoms with Crippen LogP contribution in [0.5, 0.6) is 0 Å². The quantitative estimate of drug-likeness (QED) is 0.759. The minimum atomic E-state index is 0.671. The van der Waals surface area contributed by atoms with Gasteiger partial charge < -0.3 is 10.1 Å². The Hall–Kier alpha value is -0.120. The van der Waals surface area contributed by atoms with Crippen molar-refractivity contribution in [2.75, 3.05) is 33.4 Å². The molecule has 1 saturated heterocycles. The Kier molecular flexibility index (Phi) is 3.69. The summed E-state index contributed by atoms with van der Waals surface area (Å²) in [6.07, 6.45) is 7.00. The molecule has 98 valence electrons. The van der Waals surface area contributed by atoms with Crippen LogP contribution < -0.4 is 5.32 Å². The maximum atomic E-state index is 5.67. The molecule has 2 unspecified atom stereocenters. The SMILES string of the molecule is CNC1CCOCC1CN(CC1CC1)C1CC1. The molecule has 3 heteroatoms. The summed E-state index contributed by atoms with van der Waals surface area (Å²) in [6.45, 7) is 4.51. The van der Waals surface area contributed by atoms with Crippen molar-refractivity contribution in [3.8, 4) is 0 Å². The van der Waals surface area contributed by atoms with E-state index in [1.165, 1.54) is 45.2 Å². The fourth-order valence-corrected chi connectivity index (χ4v) is 3.10. The second kappa shape index (κ2) is 5.25.